The van der Waals surface area contributed by atoms with Crippen LogP contribution in [-0.4, -0.2) is 231 Å². The summed E-state index contributed by atoms with van der Waals surface area (Å²) in [4.78, 5) is 180. The van der Waals surface area contributed by atoms with Crippen molar-refractivity contribution >= 4 is 76.9 Å². The zero-order valence-electron chi connectivity index (χ0n) is 50.4. The summed E-state index contributed by atoms with van der Waals surface area (Å²) in [6.07, 6.45) is 3.97. The lowest BCUT2D eigenvalue weighted by molar-refractivity contribution is -0.148. The van der Waals surface area contributed by atoms with E-state index in [-0.39, 0.29) is 96.1 Å². The first-order chi connectivity index (χ1) is 40.7. The Labute approximate surface area is 501 Å². The predicted octanol–water partition coefficient (Wildman–Crippen LogP) is -3.78. The van der Waals surface area contributed by atoms with Gasteiger partial charge in [-0.15, -0.1) is 0 Å². The van der Waals surface area contributed by atoms with Gasteiger partial charge in [-0.3, -0.25) is 57.5 Å². The Hall–Kier alpha value is -7.05. The van der Waals surface area contributed by atoms with Gasteiger partial charge in [-0.05, 0) is 135 Å². The SMILES string of the molecule is CC(C)C[C@H](NC(=O)[C@H](CO)NC(=O)[C@@H]1CCCN1C(=O)[C@H](C)NC(=O)[C@@H](N)CC(C)C)C(=O)N1CCC[C@H]1C(=O)NCC(=O)N[C@@H](CCCCN)C(=O)N1CCC[C@H]1C(=O)N[C@@H](CCCCN)C(=O)N1CCC[C@H]1C(=O)N[C@@H](CC(=O)O)C(=O)O. The van der Waals surface area contributed by atoms with E-state index in [2.05, 4.69) is 37.2 Å². The Morgan fingerprint density at radius 1 is 0.477 bits per heavy atom. The van der Waals surface area contributed by atoms with E-state index in [4.69, 9.17) is 17.2 Å². The van der Waals surface area contributed by atoms with Gasteiger partial charge in [0.1, 0.15) is 60.4 Å². The number of carbonyl (C=O) groups excluding carboxylic acids is 11. The number of carboxylic acid groups (broad SMARTS) is 2. The highest BCUT2D eigenvalue weighted by Gasteiger charge is 2.44. The first-order valence-corrected chi connectivity index (χ1v) is 30.3. The number of aliphatic hydroxyl groups is 1. The zero-order chi connectivity index (χ0) is 63.9. The van der Waals surface area contributed by atoms with Gasteiger partial charge in [0.2, 0.25) is 65.0 Å². The largest absolute Gasteiger partial charge is 0.481 e. The molecular weight excluding hydrogens is 1120 g/mol. The van der Waals surface area contributed by atoms with E-state index >= 15 is 0 Å². The van der Waals surface area contributed by atoms with Crippen molar-refractivity contribution in [3.63, 3.8) is 0 Å². The molecule has 30 nitrogen and oxygen atoms in total. The molecule has 30 heteroatoms. The van der Waals surface area contributed by atoms with Crippen molar-refractivity contribution in [2.24, 2.45) is 29.0 Å². The third-order valence-electron chi connectivity index (χ3n) is 15.8. The lowest BCUT2D eigenvalue weighted by atomic mass is 10.0. The molecule has 0 unspecified atom stereocenters. The fourth-order valence-corrected chi connectivity index (χ4v) is 11.4. The lowest BCUT2D eigenvalue weighted by Crippen LogP contribution is -2.60. The fraction of sp³-hybridized carbons (Fsp3) is 0.768. The average Bonchev–Trinajstić information content (AvgIpc) is 2.98. The number of carboxylic acids is 2. The van der Waals surface area contributed by atoms with E-state index in [0.29, 0.717) is 57.8 Å². The number of nitrogens with zero attached hydrogens (tertiary/aromatic N) is 4. The number of aliphatic carboxylic acids is 2. The summed E-state index contributed by atoms with van der Waals surface area (Å²) in [7, 11) is 0. The summed E-state index contributed by atoms with van der Waals surface area (Å²) in [5.41, 5.74) is 17.5. The van der Waals surface area contributed by atoms with E-state index in [1.807, 2.05) is 27.7 Å². The van der Waals surface area contributed by atoms with E-state index in [1.165, 1.54) is 26.5 Å². The van der Waals surface area contributed by atoms with Crippen molar-refractivity contribution in [3.8, 4) is 0 Å². The van der Waals surface area contributed by atoms with Gasteiger partial charge in [0.05, 0.1) is 25.6 Å². The average molecular weight is 1220 g/mol. The molecule has 0 aromatic rings. The first kappa shape index (κ1) is 71.4. The number of aliphatic hydroxyl groups excluding tert-OH is 1. The topological polar surface area (TPSA) is 458 Å². The van der Waals surface area contributed by atoms with Crippen molar-refractivity contribution in [2.75, 3.05) is 52.4 Å². The number of unbranched alkanes of at least 4 members (excludes halogenated alkanes) is 2. The van der Waals surface area contributed by atoms with Crippen LogP contribution in [-0.2, 0) is 62.3 Å². The number of carbonyl (C=O) groups is 13. The predicted molar refractivity (Wildman–Crippen MR) is 309 cm³/mol. The molecule has 0 radical (unpaired) electrons. The van der Waals surface area contributed by atoms with Gasteiger partial charge < -0.3 is 89.3 Å². The molecule has 0 aromatic carbocycles. The highest BCUT2D eigenvalue weighted by molar-refractivity contribution is 5.99. The molecule has 0 spiro atoms. The molecule has 86 heavy (non-hydrogen) atoms. The van der Waals surface area contributed by atoms with Crippen LogP contribution in [0.5, 0.6) is 0 Å². The summed E-state index contributed by atoms with van der Waals surface area (Å²) in [5.74, 6) is -10.6. The minimum absolute atomic E-state index is 0.0933. The van der Waals surface area contributed by atoms with Crippen molar-refractivity contribution < 1.29 is 77.6 Å². The lowest BCUT2D eigenvalue weighted by Gasteiger charge is -2.32. The number of likely N-dealkylation sites (tertiary alicyclic amines) is 4. The summed E-state index contributed by atoms with van der Waals surface area (Å²) >= 11 is 0. The second kappa shape index (κ2) is 34.9. The van der Waals surface area contributed by atoms with E-state index in [0.717, 1.165) is 0 Å². The van der Waals surface area contributed by atoms with Crippen LogP contribution in [0, 0.1) is 11.8 Å². The molecule has 16 N–H and O–H groups in total. The molecule has 11 amide bonds. The van der Waals surface area contributed by atoms with Crippen LogP contribution in [0.3, 0.4) is 0 Å². The molecule has 0 bridgehead atoms. The third kappa shape index (κ3) is 20.8. The Kier molecular flexibility index (Phi) is 29.0. The summed E-state index contributed by atoms with van der Waals surface area (Å²) in [5, 5.41) is 47.0. The minimum Gasteiger partial charge on any atom is -0.481 e. The van der Waals surface area contributed by atoms with Crippen LogP contribution in [0.25, 0.3) is 0 Å². The van der Waals surface area contributed by atoms with Crippen molar-refractivity contribution in [1.82, 2.24) is 56.8 Å². The van der Waals surface area contributed by atoms with Crippen LogP contribution in [0.15, 0.2) is 0 Å². The minimum atomic E-state index is -1.75. The second-order valence-electron chi connectivity index (χ2n) is 23.6. The summed E-state index contributed by atoms with van der Waals surface area (Å²) in [6.45, 7) is 8.52. The fourth-order valence-electron chi connectivity index (χ4n) is 11.4. The van der Waals surface area contributed by atoms with Gasteiger partial charge in [0.15, 0.2) is 0 Å². The first-order valence-electron chi connectivity index (χ1n) is 30.3. The normalized spacial score (nSPS) is 20.9. The molecule has 11 atom stereocenters. The quantitative estimate of drug-likeness (QED) is 0.0275. The highest BCUT2D eigenvalue weighted by atomic mass is 16.4. The molecule has 4 rings (SSSR count). The highest BCUT2D eigenvalue weighted by Crippen LogP contribution is 2.25. The number of nitrogens with one attached hydrogen (secondary N) is 7. The van der Waals surface area contributed by atoms with Crippen LogP contribution < -0.4 is 54.4 Å². The molecule has 4 fully saturated rings. The van der Waals surface area contributed by atoms with Gasteiger partial charge in [0.25, 0.3) is 0 Å². The summed E-state index contributed by atoms with van der Waals surface area (Å²) in [6, 6.07) is -13.0. The maximum absolute atomic E-state index is 14.4. The monoisotopic (exact) mass is 1220 g/mol. The van der Waals surface area contributed by atoms with Gasteiger partial charge in [0, 0.05) is 26.2 Å². The molecule has 0 saturated carbocycles. The standard InChI is InChI=1S/C56H94N14O16/c1-31(2)26-34(59)46(75)61-33(5)52(81)67-22-11-17-41(67)51(80)66-39(30-71)47(76)64-37(27-32(3)4)55(84)68-23-10-16-40(68)48(77)60-29-44(72)62-35(14-6-8-20-57)53(82)69-24-12-18-42(69)49(78)63-36(15-7-9-21-58)54(83)70-25-13-19-43(70)50(79)65-38(56(85)86)28-45(73)74/h31-43,71H,6-30,57-59H2,1-5H3,(H,60,77)(H,61,75)(H,62,72)(H,63,78)(H,64,76)(H,65,79)(H,66,80)(H,73,74)(H,85,86)/t33-,34-,35-,36-,37-,38-,39-,40-,41-,42-,43-/m0/s1. The molecular formula is C56H94N14O16. The van der Waals surface area contributed by atoms with Gasteiger partial charge in [-0.1, -0.05) is 27.7 Å². The number of nitrogens with two attached hydrogens (primary N) is 3. The maximum atomic E-state index is 14.4. The number of rotatable bonds is 34. The van der Waals surface area contributed by atoms with Crippen LogP contribution >= 0.6 is 0 Å². The Bertz CT molecular complexity index is 2410. The second-order valence-corrected chi connectivity index (χ2v) is 23.6. The van der Waals surface area contributed by atoms with E-state index in [1.54, 1.807) is 0 Å². The molecule has 0 aromatic heterocycles. The van der Waals surface area contributed by atoms with Crippen molar-refractivity contribution in [2.45, 2.75) is 210 Å². The Balaban J connectivity index is 1.39. The molecule has 484 valence electrons. The molecule has 4 aliphatic heterocycles. The Morgan fingerprint density at radius 2 is 0.884 bits per heavy atom. The molecule has 4 aliphatic rings. The van der Waals surface area contributed by atoms with Gasteiger partial charge >= 0.3 is 11.9 Å². The van der Waals surface area contributed by atoms with Crippen LogP contribution in [0.1, 0.15) is 144 Å². The van der Waals surface area contributed by atoms with Crippen molar-refractivity contribution in [3.05, 3.63) is 0 Å². The number of amides is 11. The molecule has 4 saturated heterocycles. The maximum Gasteiger partial charge on any atom is 0.326 e. The van der Waals surface area contributed by atoms with E-state index in [9.17, 15) is 77.6 Å². The smallest absolute Gasteiger partial charge is 0.326 e. The van der Waals surface area contributed by atoms with Gasteiger partial charge in [-0.2, -0.15) is 0 Å². The van der Waals surface area contributed by atoms with Crippen molar-refractivity contribution in [1.29, 1.82) is 0 Å². The van der Waals surface area contributed by atoms with Gasteiger partial charge in [-0.25, -0.2) is 4.79 Å². The summed E-state index contributed by atoms with van der Waals surface area (Å²) < 4.78 is 0. The molecule has 4 heterocycles. The Morgan fingerprint density at radius 3 is 1.30 bits per heavy atom. The molecule has 0 aliphatic carbocycles. The number of hydrogen-bond acceptors (Lipinski definition) is 17. The zero-order valence-corrected chi connectivity index (χ0v) is 50.4. The van der Waals surface area contributed by atoms with Crippen LogP contribution in [0.2, 0.25) is 0 Å². The van der Waals surface area contributed by atoms with Crippen LogP contribution in [0.4, 0.5) is 0 Å². The number of hydrogen-bond donors (Lipinski definition) is 13. The van der Waals surface area contributed by atoms with E-state index < -0.39 is 163 Å². The third-order valence-corrected chi connectivity index (χ3v) is 15.8.